The highest BCUT2D eigenvalue weighted by molar-refractivity contribution is 9.09. The van der Waals surface area contributed by atoms with Crippen LogP contribution in [0.15, 0.2) is 5.38 Å². The number of halogens is 1. The number of piperidine rings is 1. The Morgan fingerprint density at radius 2 is 2.10 bits per heavy atom. The lowest BCUT2D eigenvalue weighted by molar-refractivity contribution is 0.0141. The Labute approximate surface area is 134 Å². The highest BCUT2D eigenvalue weighted by Crippen LogP contribution is 2.25. The SMILES string of the molecule is CC(C)(C)c1csc(CN2CCC(OCCBr)CC2)n1. The summed E-state index contributed by atoms with van der Waals surface area (Å²) in [6, 6.07) is 0. The van der Waals surface area contributed by atoms with Gasteiger partial charge in [-0.3, -0.25) is 4.90 Å². The second kappa shape index (κ2) is 7.34. The highest BCUT2D eigenvalue weighted by atomic mass is 79.9. The minimum Gasteiger partial charge on any atom is -0.377 e. The topological polar surface area (TPSA) is 25.4 Å². The number of nitrogens with zero attached hydrogens (tertiary/aromatic N) is 2. The predicted octanol–water partition coefficient (Wildman–Crippen LogP) is 3.82. The van der Waals surface area contributed by atoms with Crippen molar-refractivity contribution in [3.63, 3.8) is 0 Å². The molecule has 1 aliphatic rings. The molecule has 1 aromatic rings. The lowest BCUT2D eigenvalue weighted by atomic mass is 9.93. The van der Waals surface area contributed by atoms with Crippen LogP contribution in [-0.2, 0) is 16.7 Å². The van der Waals surface area contributed by atoms with E-state index in [-0.39, 0.29) is 5.41 Å². The number of thiazole rings is 1. The van der Waals surface area contributed by atoms with Crippen LogP contribution in [0.5, 0.6) is 0 Å². The average molecular weight is 361 g/mol. The first-order chi connectivity index (χ1) is 9.49. The molecule has 3 nitrogen and oxygen atoms in total. The maximum atomic E-state index is 5.79. The summed E-state index contributed by atoms with van der Waals surface area (Å²) in [6.45, 7) is 10.7. The summed E-state index contributed by atoms with van der Waals surface area (Å²) in [6.07, 6.45) is 2.74. The summed E-state index contributed by atoms with van der Waals surface area (Å²) in [5.74, 6) is 0. The molecule has 1 aliphatic heterocycles. The molecule has 2 heterocycles. The van der Waals surface area contributed by atoms with E-state index in [1.807, 2.05) is 0 Å². The van der Waals surface area contributed by atoms with E-state index in [9.17, 15) is 0 Å². The third kappa shape index (κ3) is 4.79. The standard InChI is InChI=1S/C15H25BrN2OS/c1-15(2,3)13-11-20-14(17-13)10-18-7-4-12(5-8-18)19-9-6-16/h11-12H,4-10H2,1-3H3. The van der Waals surface area contributed by atoms with Crippen molar-refractivity contribution >= 4 is 27.3 Å². The molecule has 0 N–H and O–H groups in total. The number of likely N-dealkylation sites (tertiary alicyclic amines) is 1. The molecule has 0 spiro atoms. The third-order valence-electron chi connectivity index (χ3n) is 3.64. The summed E-state index contributed by atoms with van der Waals surface area (Å²) >= 11 is 5.20. The molecule has 20 heavy (non-hydrogen) atoms. The van der Waals surface area contributed by atoms with E-state index in [1.54, 1.807) is 11.3 Å². The van der Waals surface area contributed by atoms with Crippen LogP contribution in [0.4, 0.5) is 0 Å². The number of alkyl halides is 1. The molecule has 1 saturated heterocycles. The maximum absolute atomic E-state index is 5.79. The molecule has 0 radical (unpaired) electrons. The van der Waals surface area contributed by atoms with E-state index >= 15 is 0 Å². The number of hydrogen-bond acceptors (Lipinski definition) is 4. The Morgan fingerprint density at radius 3 is 2.65 bits per heavy atom. The molecule has 0 amide bonds. The van der Waals surface area contributed by atoms with Gasteiger partial charge in [0.2, 0.25) is 0 Å². The monoisotopic (exact) mass is 360 g/mol. The Morgan fingerprint density at radius 1 is 1.40 bits per heavy atom. The predicted molar refractivity (Wildman–Crippen MR) is 88.9 cm³/mol. The smallest absolute Gasteiger partial charge is 0.107 e. The molecule has 0 aromatic carbocycles. The van der Waals surface area contributed by atoms with E-state index in [0.29, 0.717) is 6.10 Å². The first-order valence-corrected chi connectivity index (χ1v) is 9.34. The fourth-order valence-corrected chi connectivity index (χ4v) is 3.61. The van der Waals surface area contributed by atoms with E-state index in [2.05, 4.69) is 47.0 Å². The van der Waals surface area contributed by atoms with Crippen LogP contribution >= 0.6 is 27.3 Å². The summed E-state index contributed by atoms with van der Waals surface area (Å²) < 4.78 is 5.79. The zero-order chi connectivity index (χ0) is 14.6. The van der Waals surface area contributed by atoms with E-state index in [1.165, 1.54) is 10.7 Å². The first kappa shape index (κ1) is 16.4. The van der Waals surface area contributed by atoms with Gasteiger partial charge in [-0.1, -0.05) is 36.7 Å². The molecule has 0 atom stereocenters. The molecule has 114 valence electrons. The van der Waals surface area contributed by atoms with Crippen LogP contribution in [0.3, 0.4) is 0 Å². The van der Waals surface area contributed by atoms with Crippen molar-refractivity contribution in [3.05, 3.63) is 16.1 Å². The molecular weight excluding hydrogens is 336 g/mol. The molecule has 0 aliphatic carbocycles. The van der Waals surface area contributed by atoms with Crippen molar-refractivity contribution in [2.75, 3.05) is 25.0 Å². The van der Waals surface area contributed by atoms with Gasteiger partial charge in [0.25, 0.3) is 0 Å². The van der Waals surface area contributed by atoms with Crippen LogP contribution in [0.2, 0.25) is 0 Å². The van der Waals surface area contributed by atoms with Gasteiger partial charge in [-0.2, -0.15) is 0 Å². The molecule has 0 unspecified atom stereocenters. The van der Waals surface area contributed by atoms with Gasteiger partial charge in [-0.15, -0.1) is 11.3 Å². The van der Waals surface area contributed by atoms with Crippen LogP contribution in [0.1, 0.15) is 44.3 Å². The average Bonchev–Trinajstić information content (AvgIpc) is 2.86. The lowest BCUT2D eigenvalue weighted by Crippen LogP contribution is -2.36. The highest BCUT2D eigenvalue weighted by Gasteiger charge is 2.22. The van der Waals surface area contributed by atoms with Gasteiger partial charge in [0.15, 0.2) is 0 Å². The molecular formula is C15H25BrN2OS. The molecule has 1 aromatic heterocycles. The normalized spacial score (nSPS) is 18.6. The van der Waals surface area contributed by atoms with Crippen LogP contribution < -0.4 is 0 Å². The van der Waals surface area contributed by atoms with Gasteiger partial charge in [-0.25, -0.2) is 4.98 Å². The summed E-state index contributed by atoms with van der Waals surface area (Å²) in [5, 5.41) is 4.39. The lowest BCUT2D eigenvalue weighted by Gasteiger charge is -2.31. The minimum atomic E-state index is 0.158. The molecule has 5 heteroatoms. The Bertz CT molecular complexity index is 408. The van der Waals surface area contributed by atoms with Gasteiger partial charge in [0, 0.05) is 29.2 Å². The van der Waals surface area contributed by atoms with Gasteiger partial charge < -0.3 is 4.74 Å². The van der Waals surface area contributed by atoms with Crippen molar-refractivity contribution in [2.45, 2.75) is 51.7 Å². The number of rotatable bonds is 5. The Balaban J connectivity index is 1.79. The van der Waals surface area contributed by atoms with E-state index < -0.39 is 0 Å². The zero-order valence-corrected chi connectivity index (χ0v) is 15.1. The Hall–Kier alpha value is 0.0300. The Kier molecular flexibility index (Phi) is 6.02. The second-order valence-electron chi connectivity index (χ2n) is 6.41. The fraction of sp³-hybridized carbons (Fsp3) is 0.800. The van der Waals surface area contributed by atoms with Crippen molar-refractivity contribution in [1.82, 2.24) is 9.88 Å². The van der Waals surface area contributed by atoms with Crippen LogP contribution in [0, 0.1) is 0 Å². The van der Waals surface area contributed by atoms with Crippen molar-refractivity contribution in [3.8, 4) is 0 Å². The quantitative estimate of drug-likeness (QED) is 0.746. The fourth-order valence-electron chi connectivity index (χ4n) is 2.36. The maximum Gasteiger partial charge on any atom is 0.107 e. The summed E-state index contributed by atoms with van der Waals surface area (Å²) in [5.41, 5.74) is 1.37. The molecule has 0 bridgehead atoms. The first-order valence-electron chi connectivity index (χ1n) is 7.34. The van der Waals surface area contributed by atoms with E-state index in [4.69, 9.17) is 9.72 Å². The summed E-state index contributed by atoms with van der Waals surface area (Å²) in [7, 11) is 0. The van der Waals surface area contributed by atoms with E-state index in [0.717, 1.165) is 44.4 Å². The second-order valence-corrected chi connectivity index (χ2v) is 8.15. The van der Waals surface area contributed by atoms with Crippen molar-refractivity contribution in [1.29, 1.82) is 0 Å². The molecule has 0 saturated carbocycles. The van der Waals surface area contributed by atoms with Crippen LogP contribution in [0.25, 0.3) is 0 Å². The van der Waals surface area contributed by atoms with Crippen molar-refractivity contribution < 1.29 is 4.74 Å². The minimum absolute atomic E-state index is 0.158. The number of ether oxygens (including phenoxy) is 1. The van der Waals surface area contributed by atoms with Gasteiger partial charge in [0.1, 0.15) is 5.01 Å². The van der Waals surface area contributed by atoms with Gasteiger partial charge in [-0.05, 0) is 12.8 Å². The molecule has 2 rings (SSSR count). The van der Waals surface area contributed by atoms with Crippen LogP contribution in [-0.4, -0.2) is 41.0 Å². The molecule has 1 fully saturated rings. The van der Waals surface area contributed by atoms with Gasteiger partial charge >= 0.3 is 0 Å². The van der Waals surface area contributed by atoms with Crippen molar-refractivity contribution in [2.24, 2.45) is 0 Å². The summed E-state index contributed by atoms with van der Waals surface area (Å²) in [4.78, 5) is 7.28. The number of aromatic nitrogens is 1. The third-order valence-corrected chi connectivity index (χ3v) is 4.80. The van der Waals surface area contributed by atoms with Gasteiger partial charge in [0.05, 0.1) is 24.9 Å². The number of hydrogen-bond donors (Lipinski definition) is 0. The largest absolute Gasteiger partial charge is 0.377 e. The zero-order valence-electron chi connectivity index (χ0n) is 12.7.